The van der Waals surface area contributed by atoms with Gasteiger partial charge in [0.05, 0.1) is 11.1 Å². The molecule has 134 valence electrons. The molecule has 0 spiro atoms. The highest BCUT2D eigenvalue weighted by molar-refractivity contribution is 6.07. The van der Waals surface area contributed by atoms with E-state index in [1.54, 1.807) is 11.0 Å². The molecule has 5 heteroatoms. The van der Waals surface area contributed by atoms with E-state index in [1.807, 2.05) is 6.07 Å². The SMILES string of the molecule is O=C(O)c1cccc2c1C(=O)N(CCCN1CCCc3ccccc31)C2. The predicted molar refractivity (Wildman–Crippen MR) is 99.7 cm³/mol. The molecule has 1 amide bonds. The normalized spacial score (nSPS) is 15.8. The van der Waals surface area contributed by atoms with Gasteiger partial charge in [0.1, 0.15) is 0 Å². The maximum atomic E-state index is 12.7. The molecule has 26 heavy (non-hydrogen) atoms. The third-order valence-corrected chi connectivity index (χ3v) is 5.31. The van der Waals surface area contributed by atoms with Gasteiger partial charge in [0.15, 0.2) is 0 Å². The maximum absolute atomic E-state index is 12.7. The smallest absolute Gasteiger partial charge is 0.336 e. The minimum Gasteiger partial charge on any atom is -0.478 e. The Kier molecular flexibility index (Phi) is 4.37. The molecule has 2 aromatic carbocycles. The third kappa shape index (κ3) is 2.94. The fraction of sp³-hybridized carbons (Fsp3) is 0.333. The summed E-state index contributed by atoms with van der Waals surface area (Å²) in [5, 5.41) is 9.31. The number of carbonyl (C=O) groups excluding carboxylic acids is 1. The van der Waals surface area contributed by atoms with Crippen molar-refractivity contribution in [2.75, 3.05) is 24.5 Å². The number of anilines is 1. The van der Waals surface area contributed by atoms with Gasteiger partial charge in [-0.15, -0.1) is 0 Å². The van der Waals surface area contributed by atoms with Crippen molar-refractivity contribution in [3.8, 4) is 0 Å². The zero-order valence-electron chi connectivity index (χ0n) is 14.6. The first-order valence-corrected chi connectivity index (χ1v) is 9.12. The van der Waals surface area contributed by atoms with Crippen LogP contribution < -0.4 is 4.90 Å². The standard InChI is InChI=1S/C21H22N2O3/c24-20-19-16(7-3-9-17(19)21(25)26)14-23(20)13-5-12-22-11-4-8-15-6-1-2-10-18(15)22/h1-3,6-7,9-10H,4-5,8,11-14H2,(H,25,26). The number of carboxylic acid groups (broad SMARTS) is 1. The number of aryl methyl sites for hydroxylation is 1. The van der Waals surface area contributed by atoms with Crippen LogP contribution in [-0.2, 0) is 13.0 Å². The molecule has 5 nitrogen and oxygen atoms in total. The molecule has 0 atom stereocenters. The van der Waals surface area contributed by atoms with E-state index in [2.05, 4.69) is 29.2 Å². The van der Waals surface area contributed by atoms with Crippen molar-refractivity contribution in [3.05, 3.63) is 64.7 Å². The van der Waals surface area contributed by atoms with Crippen LogP contribution in [-0.4, -0.2) is 41.5 Å². The van der Waals surface area contributed by atoms with Gasteiger partial charge in [-0.05, 0) is 42.5 Å². The monoisotopic (exact) mass is 350 g/mol. The lowest BCUT2D eigenvalue weighted by molar-refractivity contribution is 0.0682. The number of carbonyl (C=O) groups is 2. The predicted octanol–water partition coefficient (Wildman–Crippen LogP) is 3.18. The summed E-state index contributed by atoms with van der Waals surface area (Å²) in [6, 6.07) is 13.6. The van der Waals surface area contributed by atoms with E-state index in [4.69, 9.17) is 0 Å². The van der Waals surface area contributed by atoms with Crippen molar-refractivity contribution in [1.82, 2.24) is 4.90 Å². The van der Waals surface area contributed by atoms with Gasteiger partial charge in [0.2, 0.25) is 0 Å². The zero-order chi connectivity index (χ0) is 18.1. The molecule has 0 radical (unpaired) electrons. The molecule has 0 unspecified atom stereocenters. The van der Waals surface area contributed by atoms with E-state index >= 15 is 0 Å². The Balaban J connectivity index is 1.41. The Morgan fingerprint density at radius 1 is 1.00 bits per heavy atom. The number of benzene rings is 2. The molecule has 1 N–H and O–H groups in total. The van der Waals surface area contributed by atoms with Crippen LogP contribution >= 0.6 is 0 Å². The zero-order valence-corrected chi connectivity index (χ0v) is 14.6. The number of rotatable bonds is 5. The molecule has 2 heterocycles. The van der Waals surface area contributed by atoms with Gasteiger partial charge >= 0.3 is 5.97 Å². The van der Waals surface area contributed by atoms with Crippen LogP contribution in [0.25, 0.3) is 0 Å². The number of hydrogen-bond acceptors (Lipinski definition) is 3. The van der Waals surface area contributed by atoms with Crippen molar-refractivity contribution >= 4 is 17.6 Å². The van der Waals surface area contributed by atoms with Crippen LogP contribution in [0.3, 0.4) is 0 Å². The Labute approximate surface area is 152 Å². The average molecular weight is 350 g/mol. The van der Waals surface area contributed by atoms with Gasteiger partial charge in [0.25, 0.3) is 5.91 Å². The van der Waals surface area contributed by atoms with Gasteiger partial charge in [-0.2, -0.15) is 0 Å². The molecular formula is C21H22N2O3. The minimum atomic E-state index is -1.04. The molecule has 2 aromatic rings. The van der Waals surface area contributed by atoms with Crippen LogP contribution in [0.1, 0.15) is 44.7 Å². The molecule has 4 rings (SSSR count). The molecule has 2 aliphatic rings. The highest BCUT2D eigenvalue weighted by Crippen LogP contribution is 2.28. The van der Waals surface area contributed by atoms with Crippen LogP contribution in [0.5, 0.6) is 0 Å². The first-order valence-electron chi connectivity index (χ1n) is 9.12. The van der Waals surface area contributed by atoms with E-state index in [9.17, 15) is 14.7 Å². The molecular weight excluding hydrogens is 328 g/mol. The van der Waals surface area contributed by atoms with E-state index in [-0.39, 0.29) is 11.5 Å². The Morgan fingerprint density at radius 2 is 1.77 bits per heavy atom. The van der Waals surface area contributed by atoms with Crippen LogP contribution in [0.4, 0.5) is 5.69 Å². The number of amides is 1. The van der Waals surface area contributed by atoms with E-state index in [0.29, 0.717) is 18.7 Å². The number of aromatic carboxylic acids is 1. The van der Waals surface area contributed by atoms with Gasteiger partial charge in [-0.1, -0.05) is 30.3 Å². The lowest BCUT2D eigenvalue weighted by Gasteiger charge is -2.31. The number of nitrogens with zero attached hydrogens (tertiary/aromatic N) is 2. The molecule has 2 aliphatic heterocycles. The number of hydrogen-bond donors (Lipinski definition) is 1. The lowest BCUT2D eigenvalue weighted by atomic mass is 10.0. The molecule has 0 saturated heterocycles. The fourth-order valence-corrected chi connectivity index (χ4v) is 4.08. The highest BCUT2D eigenvalue weighted by Gasteiger charge is 2.31. The summed E-state index contributed by atoms with van der Waals surface area (Å²) in [6.45, 7) is 3.11. The second-order valence-corrected chi connectivity index (χ2v) is 6.94. The lowest BCUT2D eigenvalue weighted by Crippen LogP contribution is -2.33. The van der Waals surface area contributed by atoms with E-state index in [1.165, 1.54) is 17.3 Å². The molecule has 0 saturated carbocycles. The molecule has 0 bridgehead atoms. The highest BCUT2D eigenvalue weighted by atomic mass is 16.4. The van der Waals surface area contributed by atoms with Crippen molar-refractivity contribution in [2.45, 2.75) is 25.8 Å². The molecule has 0 aromatic heterocycles. The van der Waals surface area contributed by atoms with Crippen molar-refractivity contribution in [3.63, 3.8) is 0 Å². The first-order chi connectivity index (χ1) is 12.6. The quantitative estimate of drug-likeness (QED) is 0.900. The average Bonchev–Trinajstić information content (AvgIpc) is 2.98. The summed E-state index contributed by atoms with van der Waals surface area (Å²) in [4.78, 5) is 28.2. The van der Waals surface area contributed by atoms with E-state index in [0.717, 1.165) is 37.9 Å². The second-order valence-electron chi connectivity index (χ2n) is 6.94. The largest absolute Gasteiger partial charge is 0.478 e. The molecule has 0 fully saturated rings. The Hall–Kier alpha value is -2.82. The first kappa shape index (κ1) is 16.6. The number of carboxylic acids is 1. The third-order valence-electron chi connectivity index (χ3n) is 5.31. The maximum Gasteiger partial charge on any atom is 0.336 e. The second kappa shape index (κ2) is 6.83. The minimum absolute atomic E-state index is 0.111. The summed E-state index contributed by atoms with van der Waals surface area (Å²) in [5.74, 6) is -1.20. The summed E-state index contributed by atoms with van der Waals surface area (Å²) < 4.78 is 0. The van der Waals surface area contributed by atoms with Gasteiger partial charge < -0.3 is 14.9 Å². The van der Waals surface area contributed by atoms with Crippen LogP contribution in [0.15, 0.2) is 42.5 Å². The summed E-state index contributed by atoms with van der Waals surface area (Å²) >= 11 is 0. The summed E-state index contributed by atoms with van der Waals surface area (Å²) in [5.41, 5.74) is 4.00. The summed E-state index contributed by atoms with van der Waals surface area (Å²) in [6.07, 6.45) is 3.16. The number of para-hydroxylation sites is 1. The van der Waals surface area contributed by atoms with Crippen molar-refractivity contribution in [1.29, 1.82) is 0 Å². The Bertz CT molecular complexity index is 862. The fourth-order valence-electron chi connectivity index (χ4n) is 4.08. The van der Waals surface area contributed by atoms with Crippen LogP contribution in [0, 0.1) is 0 Å². The van der Waals surface area contributed by atoms with Crippen molar-refractivity contribution < 1.29 is 14.7 Å². The number of fused-ring (bicyclic) bond motifs is 2. The molecule has 0 aliphatic carbocycles. The van der Waals surface area contributed by atoms with Gasteiger partial charge in [-0.25, -0.2) is 4.79 Å². The van der Waals surface area contributed by atoms with Crippen molar-refractivity contribution in [2.24, 2.45) is 0 Å². The van der Waals surface area contributed by atoms with Crippen LogP contribution in [0.2, 0.25) is 0 Å². The summed E-state index contributed by atoms with van der Waals surface area (Å²) in [7, 11) is 0. The topological polar surface area (TPSA) is 60.9 Å². The van der Waals surface area contributed by atoms with Gasteiger partial charge in [0, 0.05) is 31.9 Å². The van der Waals surface area contributed by atoms with E-state index < -0.39 is 5.97 Å². The van der Waals surface area contributed by atoms with Gasteiger partial charge in [-0.3, -0.25) is 4.79 Å². The Morgan fingerprint density at radius 3 is 2.62 bits per heavy atom.